The average molecular weight is 479 g/mol. The third-order valence-electron chi connectivity index (χ3n) is 8.22. The molecule has 0 saturated heterocycles. The van der Waals surface area contributed by atoms with E-state index in [1.165, 1.54) is 21.9 Å². The predicted molar refractivity (Wildman–Crippen MR) is 120 cm³/mol. The van der Waals surface area contributed by atoms with Crippen LogP contribution in [0.2, 0.25) is 0 Å². The van der Waals surface area contributed by atoms with E-state index in [4.69, 9.17) is 9.29 Å². The van der Waals surface area contributed by atoms with Crippen molar-refractivity contribution in [1.82, 2.24) is 0 Å². The highest BCUT2D eigenvalue weighted by Gasteiger charge is 2.60. The van der Waals surface area contributed by atoms with Crippen molar-refractivity contribution in [2.24, 2.45) is 17.3 Å². The lowest BCUT2D eigenvalue weighted by Gasteiger charge is -2.62. The molecule has 33 heavy (non-hydrogen) atoms. The molecule has 0 radical (unpaired) electrons. The van der Waals surface area contributed by atoms with Gasteiger partial charge in [0, 0.05) is 5.41 Å². The first-order valence-electron chi connectivity index (χ1n) is 11.5. The molecular weight excluding hydrogens is 450 g/mol. The Hall–Kier alpha value is -2.06. The highest BCUT2D eigenvalue weighted by Crippen LogP contribution is 2.66. The number of carbonyl (C=O) groups excluding carboxylic acids is 1. The first-order chi connectivity index (χ1) is 15.5. The van der Waals surface area contributed by atoms with Crippen LogP contribution in [0.3, 0.4) is 0 Å². The Labute approximate surface area is 192 Å². The van der Waals surface area contributed by atoms with Gasteiger partial charge in [-0.25, -0.2) is 4.79 Å². The number of fused-ring (bicyclic) bond motifs is 1. The van der Waals surface area contributed by atoms with Gasteiger partial charge in [0.15, 0.2) is 0 Å². The molecule has 4 fully saturated rings. The van der Waals surface area contributed by atoms with Gasteiger partial charge in [-0.3, -0.25) is 4.55 Å². The van der Waals surface area contributed by atoms with E-state index < -0.39 is 26.8 Å². The van der Waals surface area contributed by atoms with E-state index in [1.54, 1.807) is 0 Å². The van der Waals surface area contributed by atoms with Crippen molar-refractivity contribution in [2.45, 2.75) is 62.5 Å². The van der Waals surface area contributed by atoms with Gasteiger partial charge < -0.3 is 4.74 Å². The molecule has 2 atom stereocenters. The maximum absolute atomic E-state index is 13.8. The second-order valence-corrected chi connectivity index (χ2v) is 11.9. The van der Waals surface area contributed by atoms with Gasteiger partial charge in [-0.05, 0) is 84.1 Å². The number of ether oxygens (including phenoxy) is 1. The summed E-state index contributed by atoms with van der Waals surface area (Å²) in [6, 6.07) is 12.8. The number of aryl methyl sites for hydroxylation is 1. The van der Waals surface area contributed by atoms with Crippen molar-refractivity contribution in [3.05, 3.63) is 47.5 Å². The van der Waals surface area contributed by atoms with Gasteiger partial charge in [-0.15, -0.1) is 0 Å². The van der Waals surface area contributed by atoms with E-state index in [0.29, 0.717) is 18.3 Å². The Morgan fingerprint density at radius 3 is 2.33 bits per heavy atom. The van der Waals surface area contributed by atoms with Crippen molar-refractivity contribution >= 4 is 26.9 Å². The molecule has 0 aliphatic heterocycles. The SMILES string of the molecule is CCc1ccc(C23CC4CC(CC(COC(=O)C(F)(F)S(=O)(=O)O)(C4)C2)C3)c2ccccc12. The lowest BCUT2D eigenvalue weighted by molar-refractivity contribution is -0.173. The molecule has 0 heterocycles. The lowest BCUT2D eigenvalue weighted by Crippen LogP contribution is -2.56. The quantitative estimate of drug-likeness (QED) is 0.452. The first-order valence-corrected chi connectivity index (χ1v) is 13.0. The highest BCUT2D eigenvalue weighted by atomic mass is 32.2. The molecule has 0 spiro atoms. The van der Waals surface area contributed by atoms with Crippen LogP contribution >= 0.6 is 0 Å². The minimum Gasteiger partial charge on any atom is -0.460 e. The summed E-state index contributed by atoms with van der Waals surface area (Å²) in [4.78, 5) is 11.9. The van der Waals surface area contributed by atoms with E-state index in [9.17, 15) is 22.0 Å². The molecule has 4 aliphatic carbocycles. The zero-order valence-corrected chi connectivity index (χ0v) is 19.3. The van der Waals surface area contributed by atoms with Gasteiger partial charge in [0.2, 0.25) is 0 Å². The number of rotatable bonds is 6. The maximum Gasteiger partial charge on any atom is 0.465 e. The molecule has 1 N–H and O–H groups in total. The summed E-state index contributed by atoms with van der Waals surface area (Å²) in [5, 5.41) is -2.50. The predicted octanol–water partition coefficient (Wildman–Crippen LogP) is 5.26. The van der Waals surface area contributed by atoms with Gasteiger partial charge in [0.25, 0.3) is 0 Å². The van der Waals surface area contributed by atoms with Gasteiger partial charge in [0.05, 0.1) is 6.61 Å². The van der Waals surface area contributed by atoms with Crippen LogP contribution in [0.5, 0.6) is 0 Å². The molecule has 4 saturated carbocycles. The van der Waals surface area contributed by atoms with Crippen LogP contribution in [0.4, 0.5) is 8.78 Å². The van der Waals surface area contributed by atoms with Gasteiger partial charge in [-0.1, -0.05) is 43.3 Å². The van der Waals surface area contributed by atoms with Crippen LogP contribution in [0.1, 0.15) is 56.6 Å². The highest BCUT2D eigenvalue weighted by molar-refractivity contribution is 7.87. The van der Waals surface area contributed by atoms with Crippen molar-refractivity contribution in [3.63, 3.8) is 0 Å². The van der Waals surface area contributed by atoms with E-state index >= 15 is 0 Å². The second-order valence-electron chi connectivity index (χ2n) is 10.5. The molecule has 178 valence electrons. The van der Waals surface area contributed by atoms with Crippen molar-refractivity contribution < 1.29 is 31.3 Å². The summed E-state index contributed by atoms with van der Waals surface area (Å²) >= 11 is 0. The zero-order valence-electron chi connectivity index (χ0n) is 18.5. The smallest absolute Gasteiger partial charge is 0.460 e. The summed E-state index contributed by atoms with van der Waals surface area (Å²) in [5.41, 5.74) is 1.99. The topological polar surface area (TPSA) is 80.7 Å². The number of esters is 1. The fraction of sp³-hybridized carbons (Fsp3) is 0.560. The van der Waals surface area contributed by atoms with Gasteiger partial charge >= 0.3 is 21.3 Å². The fourth-order valence-electron chi connectivity index (χ4n) is 7.48. The summed E-state index contributed by atoms with van der Waals surface area (Å²) < 4.78 is 63.0. The van der Waals surface area contributed by atoms with Crippen molar-refractivity contribution in [3.8, 4) is 0 Å². The second kappa shape index (κ2) is 7.47. The molecule has 0 aromatic heterocycles. The number of alkyl halides is 2. The number of benzene rings is 2. The Balaban J connectivity index is 1.49. The summed E-state index contributed by atoms with van der Waals surface area (Å²) in [6.45, 7) is 1.88. The average Bonchev–Trinajstić information content (AvgIpc) is 2.75. The number of halogens is 2. The number of hydrogen-bond acceptors (Lipinski definition) is 4. The Morgan fingerprint density at radius 2 is 1.73 bits per heavy atom. The molecule has 2 aromatic rings. The normalized spacial score (nSPS) is 31.2. The zero-order chi connectivity index (χ0) is 23.6. The first kappa shape index (κ1) is 22.7. The summed E-state index contributed by atoms with van der Waals surface area (Å²) in [5.74, 6) is -1.37. The van der Waals surface area contributed by atoms with Gasteiger partial charge in [-0.2, -0.15) is 17.2 Å². The molecule has 0 amide bonds. The Bertz CT molecular complexity index is 1210. The molecular formula is C25H28F2O5S. The molecule has 4 bridgehead atoms. The van der Waals surface area contributed by atoms with Crippen LogP contribution in [0.15, 0.2) is 36.4 Å². The lowest BCUT2D eigenvalue weighted by atomic mass is 9.43. The molecule has 6 rings (SSSR count). The molecule has 2 aromatic carbocycles. The van der Waals surface area contributed by atoms with E-state index in [1.807, 2.05) is 12.1 Å². The molecule has 8 heteroatoms. The minimum absolute atomic E-state index is 0.117. The number of hydrogen-bond donors (Lipinski definition) is 1. The van der Waals surface area contributed by atoms with Crippen LogP contribution < -0.4 is 0 Å². The maximum atomic E-state index is 13.8. The van der Waals surface area contributed by atoms with Crippen LogP contribution in [-0.2, 0) is 31.5 Å². The van der Waals surface area contributed by atoms with E-state index in [0.717, 1.165) is 38.5 Å². The molecule has 4 aliphatic rings. The largest absolute Gasteiger partial charge is 0.465 e. The van der Waals surface area contributed by atoms with E-state index in [2.05, 4.69) is 31.2 Å². The van der Waals surface area contributed by atoms with Crippen LogP contribution in [0.25, 0.3) is 10.8 Å². The molecule has 5 nitrogen and oxygen atoms in total. The third kappa shape index (κ3) is 3.57. The van der Waals surface area contributed by atoms with Crippen molar-refractivity contribution in [2.75, 3.05) is 6.61 Å². The number of carbonyl (C=O) groups is 1. The molecule has 2 unspecified atom stereocenters. The fourth-order valence-corrected chi connectivity index (χ4v) is 7.75. The third-order valence-corrected chi connectivity index (χ3v) is 9.03. The van der Waals surface area contributed by atoms with E-state index in [-0.39, 0.29) is 12.0 Å². The standard InChI is InChI=1S/C25H28F2O5S/c1-2-18-7-8-21(20-6-4-3-5-19(18)20)24-12-16-9-17(13-24)11-23(10-16,14-24)15-32-22(28)25(26,27)33(29,30)31/h3-8,16-17H,2,9-15H2,1H3,(H,29,30,31). The van der Waals surface area contributed by atoms with Crippen LogP contribution in [-0.4, -0.2) is 30.8 Å². The van der Waals surface area contributed by atoms with Gasteiger partial charge in [0.1, 0.15) is 0 Å². The Morgan fingerprint density at radius 1 is 1.09 bits per heavy atom. The minimum atomic E-state index is -5.87. The summed E-state index contributed by atoms with van der Waals surface area (Å²) in [6.07, 6.45) is 6.34. The summed E-state index contributed by atoms with van der Waals surface area (Å²) in [7, 11) is -5.87. The Kier molecular flexibility index (Phi) is 5.14. The monoisotopic (exact) mass is 478 g/mol. The van der Waals surface area contributed by atoms with Crippen LogP contribution in [0, 0.1) is 17.3 Å². The van der Waals surface area contributed by atoms with Crippen molar-refractivity contribution in [1.29, 1.82) is 0 Å².